The van der Waals surface area contributed by atoms with Crippen LogP contribution in [-0.2, 0) is 16.0 Å². The van der Waals surface area contributed by atoms with Gasteiger partial charge in [0, 0.05) is 23.4 Å². The summed E-state index contributed by atoms with van der Waals surface area (Å²) < 4.78 is 5.42. The summed E-state index contributed by atoms with van der Waals surface area (Å²) in [6, 6.07) is 29.3. The number of para-hydroxylation sites is 1. The van der Waals surface area contributed by atoms with Gasteiger partial charge in [-0.15, -0.1) is 0 Å². The Balaban J connectivity index is 1.29. The van der Waals surface area contributed by atoms with Gasteiger partial charge < -0.3 is 9.64 Å². The first kappa shape index (κ1) is 24.5. The van der Waals surface area contributed by atoms with E-state index in [1.165, 1.54) is 5.56 Å². The molecule has 0 radical (unpaired) electrons. The summed E-state index contributed by atoms with van der Waals surface area (Å²) in [5.41, 5.74) is 9.32. The highest BCUT2D eigenvalue weighted by atomic mass is 16.5. The molecule has 39 heavy (non-hydrogen) atoms. The van der Waals surface area contributed by atoms with E-state index in [2.05, 4.69) is 19.1 Å². The molecule has 1 aliphatic heterocycles. The molecule has 0 N–H and O–H groups in total. The third-order valence-corrected chi connectivity index (χ3v) is 7.06. The summed E-state index contributed by atoms with van der Waals surface area (Å²) in [5, 5.41) is 0. The number of aryl methyl sites for hydroxylation is 2. The van der Waals surface area contributed by atoms with Crippen LogP contribution in [0.1, 0.15) is 27.0 Å². The van der Waals surface area contributed by atoms with Gasteiger partial charge in [-0.05, 0) is 50.1 Å². The number of benzene rings is 4. The first-order chi connectivity index (χ1) is 19.0. The van der Waals surface area contributed by atoms with E-state index in [1.807, 2.05) is 67.6 Å². The summed E-state index contributed by atoms with van der Waals surface area (Å²) >= 11 is 0. The number of fused-ring (bicyclic) bond motifs is 2. The first-order valence-electron chi connectivity index (χ1n) is 13.0. The molecule has 6 heteroatoms. The predicted molar refractivity (Wildman–Crippen MR) is 153 cm³/mol. The van der Waals surface area contributed by atoms with Crippen LogP contribution >= 0.6 is 0 Å². The molecule has 6 rings (SSSR count). The molecule has 0 saturated carbocycles. The number of rotatable bonds is 5. The van der Waals surface area contributed by atoms with Gasteiger partial charge in [0.05, 0.1) is 28.0 Å². The van der Waals surface area contributed by atoms with Crippen LogP contribution in [0.5, 0.6) is 0 Å². The number of carbonyl (C=O) groups is 2. The Morgan fingerprint density at radius 3 is 2.05 bits per heavy atom. The highest BCUT2D eigenvalue weighted by Crippen LogP contribution is 2.32. The molecule has 0 aliphatic carbocycles. The molecule has 0 fully saturated rings. The number of carbonyl (C=O) groups excluding carboxylic acids is 2. The van der Waals surface area contributed by atoms with Crippen molar-refractivity contribution in [2.45, 2.75) is 20.3 Å². The van der Waals surface area contributed by atoms with Gasteiger partial charge in [-0.3, -0.25) is 4.79 Å². The second-order valence-corrected chi connectivity index (χ2v) is 9.86. The minimum atomic E-state index is -0.570. The minimum absolute atomic E-state index is 0.238. The number of nitrogens with zero attached hydrogens (tertiary/aromatic N) is 3. The maximum atomic E-state index is 12.9. The fraction of sp³-hybridized carbons (Fsp3) is 0.152. The SMILES string of the molecule is Cc1ccc(-c2nc3ccc(C(=O)OCC(=O)N4CCc5ccccc54)cc3nc2-c2ccc(C)cc2)cc1. The van der Waals surface area contributed by atoms with E-state index in [4.69, 9.17) is 14.7 Å². The average Bonchev–Trinajstić information content (AvgIpc) is 3.40. The molecule has 1 aromatic heterocycles. The van der Waals surface area contributed by atoms with Crippen LogP contribution in [0.2, 0.25) is 0 Å². The van der Waals surface area contributed by atoms with Gasteiger partial charge in [0.25, 0.3) is 5.91 Å². The fourth-order valence-corrected chi connectivity index (χ4v) is 4.89. The highest BCUT2D eigenvalue weighted by Gasteiger charge is 2.25. The van der Waals surface area contributed by atoms with Gasteiger partial charge in [0.1, 0.15) is 0 Å². The summed E-state index contributed by atoms with van der Waals surface area (Å²) in [6.45, 7) is 4.36. The molecule has 192 valence electrons. The largest absolute Gasteiger partial charge is 0.452 e. The van der Waals surface area contributed by atoms with Crippen molar-refractivity contribution in [3.8, 4) is 22.5 Å². The third kappa shape index (κ3) is 4.89. The van der Waals surface area contributed by atoms with E-state index in [9.17, 15) is 9.59 Å². The smallest absolute Gasteiger partial charge is 0.338 e. The lowest BCUT2D eigenvalue weighted by molar-refractivity contribution is -0.121. The number of anilines is 1. The van der Waals surface area contributed by atoms with E-state index in [0.29, 0.717) is 23.1 Å². The fourth-order valence-electron chi connectivity index (χ4n) is 4.89. The minimum Gasteiger partial charge on any atom is -0.452 e. The zero-order chi connectivity index (χ0) is 26.9. The molecule has 1 aliphatic rings. The van der Waals surface area contributed by atoms with Crippen LogP contribution in [0.4, 0.5) is 5.69 Å². The van der Waals surface area contributed by atoms with E-state index in [1.54, 1.807) is 23.1 Å². The Morgan fingerprint density at radius 2 is 1.38 bits per heavy atom. The Bertz CT molecular complexity index is 1710. The van der Waals surface area contributed by atoms with E-state index in [0.717, 1.165) is 45.7 Å². The number of amides is 1. The Kier molecular flexibility index (Phi) is 6.37. The maximum absolute atomic E-state index is 12.9. The van der Waals surface area contributed by atoms with E-state index < -0.39 is 5.97 Å². The summed E-state index contributed by atoms with van der Waals surface area (Å²) in [5.74, 6) is -0.808. The van der Waals surface area contributed by atoms with Crippen molar-refractivity contribution in [3.63, 3.8) is 0 Å². The zero-order valence-corrected chi connectivity index (χ0v) is 21.8. The zero-order valence-electron chi connectivity index (χ0n) is 21.8. The molecular formula is C33H27N3O3. The van der Waals surface area contributed by atoms with Crippen molar-refractivity contribution in [2.24, 2.45) is 0 Å². The van der Waals surface area contributed by atoms with Crippen molar-refractivity contribution in [1.82, 2.24) is 9.97 Å². The molecule has 2 heterocycles. The van der Waals surface area contributed by atoms with Crippen LogP contribution in [0.15, 0.2) is 91.0 Å². The van der Waals surface area contributed by atoms with Gasteiger partial charge in [0.2, 0.25) is 0 Å². The topological polar surface area (TPSA) is 72.4 Å². The van der Waals surface area contributed by atoms with Crippen LogP contribution in [0.3, 0.4) is 0 Å². The first-order valence-corrected chi connectivity index (χ1v) is 13.0. The van der Waals surface area contributed by atoms with E-state index >= 15 is 0 Å². The predicted octanol–water partition coefficient (Wildman–Crippen LogP) is 6.33. The highest BCUT2D eigenvalue weighted by molar-refractivity contribution is 5.99. The lowest BCUT2D eigenvalue weighted by Crippen LogP contribution is -2.33. The van der Waals surface area contributed by atoms with Crippen molar-refractivity contribution in [3.05, 3.63) is 113 Å². The number of aromatic nitrogens is 2. The molecule has 0 unspecified atom stereocenters. The molecule has 0 bridgehead atoms. The third-order valence-electron chi connectivity index (χ3n) is 7.06. The summed E-state index contributed by atoms with van der Waals surface area (Å²) in [4.78, 5) is 37.3. The van der Waals surface area contributed by atoms with Crippen molar-refractivity contribution < 1.29 is 14.3 Å². The number of hydrogen-bond donors (Lipinski definition) is 0. The molecule has 5 aromatic rings. The maximum Gasteiger partial charge on any atom is 0.338 e. The van der Waals surface area contributed by atoms with Gasteiger partial charge in [-0.1, -0.05) is 77.9 Å². The standard InChI is InChI=1S/C33H27N3O3/c1-21-7-11-24(12-8-21)31-32(25-13-9-22(2)10-14-25)35-28-19-26(15-16-27(28)34-31)33(38)39-20-30(37)36-18-17-23-5-3-4-6-29(23)36/h3-16,19H,17-18,20H2,1-2H3. The van der Waals surface area contributed by atoms with Gasteiger partial charge in [-0.2, -0.15) is 0 Å². The second kappa shape index (κ2) is 10.1. The Labute approximate surface area is 226 Å². The molecule has 4 aromatic carbocycles. The summed E-state index contributed by atoms with van der Waals surface area (Å²) in [7, 11) is 0. The van der Waals surface area contributed by atoms with Crippen molar-refractivity contribution in [2.75, 3.05) is 18.1 Å². The van der Waals surface area contributed by atoms with Gasteiger partial charge in [-0.25, -0.2) is 14.8 Å². The van der Waals surface area contributed by atoms with Crippen LogP contribution in [0.25, 0.3) is 33.5 Å². The van der Waals surface area contributed by atoms with Crippen molar-refractivity contribution >= 4 is 28.6 Å². The Hall–Kier alpha value is -4.84. The van der Waals surface area contributed by atoms with Crippen LogP contribution in [-0.4, -0.2) is 35.0 Å². The normalized spacial score (nSPS) is 12.4. The second-order valence-electron chi connectivity index (χ2n) is 9.86. The average molecular weight is 514 g/mol. The molecular weight excluding hydrogens is 486 g/mol. The molecule has 1 amide bonds. The van der Waals surface area contributed by atoms with Crippen molar-refractivity contribution in [1.29, 1.82) is 0 Å². The molecule has 0 spiro atoms. The quantitative estimate of drug-likeness (QED) is 0.257. The van der Waals surface area contributed by atoms with Crippen LogP contribution in [0, 0.1) is 13.8 Å². The monoisotopic (exact) mass is 513 g/mol. The lowest BCUT2D eigenvalue weighted by Gasteiger charge is -2.17. The summed E-state index contributed by atoms with van der Waals surface area (Å²) in [6.07, 6.45) is 0.799. The van der Waals surface area contributed by atoms with Gasteiger partial charge >= 0.3 is 5.97 Å². The van der Waals surface area contributed by atoms with E-state index in [-0.39, 0.29) is 12.5 Å². The number of ether oxygens (including phenoxy) is 1. The van der Waals surface area contributed by atoms with Gasteiger partial charge in [0.15, 0.2) is 6.61 Å². The number of esters is 1. The molecule has 0 saturated heterocycles. The number of hydrogen-bond acceptors (Lipinski definition) is 5. The molecule has 0 atom stereocenters. The van der Waals surface area contributed by atoms with Crippen LogP contribution < -0.4 is 4.90 Å². The Morgan fingerprint density at radius 1 is 0.769 bits per heavy atom. The molecule has 6 nitrogen and oxygen atoms in total. The lowest BCUT2D eigenvalue weighted by atomic mass is 10.0.